The summed E-state index contributed by atoms with van der Waals surface area (Å²) in [6.45, 7) is 12.5. The normalized spacial score (nSPS) is 15.7. The van der Waals surface area contributed by atoms with Gasteiger partial charge in [0.15, 0.2) is 0 Å². The molecular formula is C16H22F6N2. The van der Waals surface area contributed by atoms with Crippen molar-refractivity contribution < 1.29 is 26.3 Å². The molecule has 0 aromatic heterocycles. The van der Waals surface area contributed by atoms with E-state index in [1.807, 2.05) is 5.32 Å². The lowest BCUT2D eigenvalue weighted by Gasteiger charge is -2.32. The number of nitrogens with one attached hydrogen (secondary N) is 2. The van der Waals surface area contributed by atoms with E-state index in [4.69, 9.17) is 0 Å². The Morgan fingerprint density at radius 3 is 1.92 bits per heavy atom. The van der Waals surface area contributed by atoms with Crippen LogP contribution >= 0.6 is 0 Å². The molecule has 0 aliphatic heterocycles. The van der Waals surface area contributed by atoms with Crippen LogP contribution in [0.2, 0.25) is 0 Å². The maximum absolute atomic E-state index is 13.6. The number of hydrogen-bond acceptors (Lipinski definition) is 2. The molecule has 0 saturated heterocycles. The van der Waals surface area contributed by atoms with Crippen molar-refractivity contribution in [2.45, 2.75) is 44.6 Å². The van der Waals surface area contributed by atoms with Gasteiger partial charge < -0.3 is 10.6 Å². The Morgan fingerprint density at radius 1 is 1.04 bits per heavy atom. The summed E-state index contributed by atoms with van der Waals surface area (Å²) in [6.07, 6.45) is -2.98. The van der Waals surface area contributed by atoms with Crippen LogP contribution in [0.15, 0.2) is 48.9 Å². The molecule has 0 aromatic carbocycles. The lowest BCUT2D eigenvalue weighted by atomic mass is 9.99. The molecular weight excluding hydrogens is 334 g/mol. The third-order valence-corrected chi connectivity index (χ3v) is 3.14. The Kier molecular flexibility index (Phi) is 7.20. The van der Waals surface area contributed by atoms with Crippen LogP contribution in [0, 0.1) is 0 Å². The van der Waals surface area contributed by atoms with E-state index in [9.17, 15) is 26.3 Å². The fourth-order valence-corrected chi connectivity index (χ4v) is 1.61. The van der Waals surface area contributed by atoms with E-state index in [2.05, 4.69) is 25.1 Å². The van der Waals surface area contributed by atoms with E-state index in [1.54, 1.807) is 13.8 Å². The van der Waals surface area contributed by atoms with Gasteiger partial charge in [0.05, 0.1) is 6.54 Å². The van der Waals surface area contributed by atoms with Crippen LogP contribution in [0.25, 0.3) is 0 Å². The van der Waals surface area contributed by atoms with E-state index in [0.29, 0.717) is 5.70 Å². The lowest BCUT2D eigenvalue weighted by molar-refractivity contribution is -0.292. The van der Waals surface area contributed by atoms with Crippen molar-refractivity contribution in [3.8, 4) is 0 Å². The van der Waals surface area contributed by atoms with E-state index in [-0.39, 0.29) is 24.2 Å². The molecule has 24 heavy (non-hydrogen) atoms. The predicted octanol–water partition coefficient (Wildman–Crippen LogP) is 4.64. The number of alkyl halides is 6. The summed E-state index contributed by atoms with van der Waals surface area (Å²) >= 11 is 0. The zero-order valence-corrected chi connectivity index (χ0v) is 13.8. The third kappa shape index (κ3) is 5.35. The van der Waals surface area contributed by atoms with Gasteiger partial charge in [0.1, 0.15) is 0 Å². The number of hydrogen-bond donors (Lipinski definition) is 2. The van der Waals surface area contributed by atoms with E-state index >= 15 is 0 Å². The van der Waals surface area contributed by atoms with Crippen LogP contribution < -0.4 is 10.6 Å². The molecule has 2 nitrogen and oxygen atoms in total. The molecule has 2 N–H and O–H groups in total. The van der Waals surface area contributed by atoms with Crippen LogP contribution in [-0.2, 0) is 0 Å². The highest BCUT2D eigenvalue weighted by atomic mass is 19.4. The molecule has 0 radical (unpaired) electrons. The van der Waals surface area contributed by atoms with Gasteiger partial charge in [0, 0.05) is 23.0 Å². The quantitative estimate of drug-likeness (QED) is 0.465. The van der Waals surface area contributed by atoms with Crippen LogP contribution in [-0.4, -0.2) is 30.4 Å². The highest BCUT2D eigenvalue weighted by Crippen LogP contribution is 2.44. The number of allylic oxidation sites excluding steroid dienone is 2. The minimum atomic E-state index is -5.71. The molecule has 1 atom stereocenters. The highest BCUT2D eigenvalue weighted by Gasteiger charge is 2.67. The summed E-state index contributed by atoms with van der Waals surface area (Å²) in [5.41, 5.74) is -4.26. The minimum Gasteiger partial charge on any atom is -0.383 e. The van der Waals surface area contributed by atoms with Gasteiger partial charge in [-0.05, 0) is 20.8 Å². The summed E-state index contributed by atoms with van der Waals surface area (Å²) in [6, 6.07) is -0.0284. The fourth-order valence-electron chi connectivity index (χ4n) is 1.61. The molecule has 0 aliphatic carbocycles. The summed E-state index contributed by atoms with van der Waals surface area (Å²) in [5.74, 6) is -4.69. The van der Waals surface area contributed by atoms with Crippen molar-refractivity contribution in [2.24, 2.45) is 0 Å². The second-order valence-corrected chi connectivity index (χ2v) is 5.63. The monoisotopic (exact) mass is 356 g/mol. The molecule has 0 heterocycles. The molecule has 0 fully saturated rings. The third-order valence-electron chi connectivity index (χ3n) is 3.14. The number of rotatable bonds is 9. The molecule has 8 heteroatoms. The van der Waals surface area contributed by atoms with Gasteiger partial charge in [-0.1, -0.05) is 31.9 Å². The molecule has 1 unspecified atom stereocenters. The largest absolute Gasteiger partial charge is 0.428 e. The predicted molar refractivity (Wildman–Crippen MR) is 83.3 cm³/mol. The van der Waals surface area contributed by atoms with Crippen LogP contribution in [0.5, 0.6) is 0 Å². The molecule has 0 spiro atoms. The van der Waals surface area contributed by atoms with Crippen molar-refractivity contribution in [3.63, 3.8) is 0 Å². The molecule has 0 aromatic rings. The molecule has 0 amide bonds. The molecule has 138 valence electrons. The Morgan fingerprint density at radius 2 is 1.54 bits per heavy atom. The zero-order chi connectivity index (χ0) is 19.3. The molecule has 0 rings (SSSR count). The van der Waals surface area contributed by atoms with Crippen LogP contribution in [0.4, 0.5) is 26.3 Å². The first-order valence-corrected chi connectivity index (χ1v) is 7.02. The second-order valence-electron chi connectivity index (χ2n) is 5.63. The van der Waals surface area contributed by atoms with Crippen molar-refractivity contribution in [3.05, 3.63) is 48.9 Å². The van der Waals surface area contributed by atoms with Gasteiger partial charge in [0.2, 0.25) is 0 Å². The number of halogens is 6. The zero-order valence-electron chi connectivity index (χ0n) is 13.8. The first-order valence-electron chi connectivity index (χ1n) is 7.02. The lowest BCUT2D eigenvalue weighted by Crippen LogP contribution is -2.57. The van der Waals surface area contributed by atoms with Crippen molar-refractivity contribution in [1.29, 1.82) is 0 Å². The van der Waals surface area contributed by atoms with E-state index < -0.39 is 24.3 Å². The smallest absolute Gasteiger partial charge is 0.383 e. The fraction of sp³-hybridized carbons (Fsp3) is 0.500. The topological polar surface area (TPSA) is 24.1 Å². The Balaban J connectivity index is 5.19. The Hall–Kier alpha value is -1.86. The Labute approximate surface area is 138 Å². The second kappa shape index (κ2) is 7.81. The van der Waals surface area contributed by atoms with Crippen LogP contribution in [0.3, 0.4) is 0 Å². The first kappa shape index (κ1) is 22.1. The summed E-state index contributed by atoms with van der Waals surface area (Å²) in [4.78, 5) is 0. The minimum absolute atomic E-state index is 0.0284. The van der Waals surface area contributed by atoms with Crippen molar-refractivity contribution >= 4 is 0 Å². The molecule has 0 aliphatic rings. The van der Waals surface area contributed by atoms with E-state index in [0.717, 1.165) is 0 Å². The average molecular weight is 356 g/mol. The maximum atomic E-state index is 13.6. The molecule has 0 saturated carbocycles. The van der Waals surface area contributed by atoms with Gasteiger partial charge in [-0.2, -0.15) is 13.2 Å². The van der Waals surface area contributed by atoms with Crippen molar-refractivity contribution in [2.75, 3.05) is 6.54 Å². The van der Waals surface area contributed by atoms with Crippen molar-refractivity contribution in [1.82, 2.24) is 10.6 Å². The van der Waals surface area contributed by atoms with Gasteiger partial charge in [-0.3, -0.25) is 0 Å². The summed E-state index contributed by atoms with van der Waals surface area (Å²) in [7, 11) is 0. The maximum Gasteiger partial charge on any atom is 0.428 e. The van der Waals surface area contributed by atoms with Crippen LogP contribution in [0.1, 0.15) is 20.8 Å². The average Bonchev–Trinajstić information content (AvgIpc) is 2.39. The van der Waals surface area contributed by atoms with Gasteiger partial charge in [-0.25, -0.2) is 13.2 Å². The van der Waals surface area contributed by atoms with Gasteiger partial charge in [0.25, 0.3) is 5.67 Å². The Bertz CT molecular complexity index is 515. The summed E-state index contributed by atoms with van der Waals surface area (Å²) < 4.78 is 78.1. The van der Waals surface area contributed by atoms with E-state index in [1.165, 1.54) is 12.2 Å². The van der Waals surface area contributed by atoms with Gasteiger partial charge in [-0.15, -0.1) is 0 Å². The first-order chi connectivity index (χ1) is 10.7. The summed E-state index contributed by atoms with van der Waals surface area (Å²) in [5, 5.41) is 4.95. The highest BCUT2D eigenvalue weighted by molar-refractivity contribution is 5.44. The van der Waals surface area contributed by atoms with Gasteiger partial charge >= 0.3 is 12.1 Å². The molecule has 0 bridgehead atoms. The standard InChI is InChI=1S/C16H22F6N2/c1-7-8-13(12(5)24-10(2)3)11(4)23-9-15(18,19)14(6,17)16(20,21)22/h7-8,10,23-24H,1,4-5,9H2,2-3,6H3/b13-8+. The SMILES string of the molecule is C=C/C=C(\C(=C)NCC(F)(F)C(C)(F)C(F)(F)F)C(=C)NC(C)C.